The van der Waals surface area contributed by atoms with Gasteiger partial charge in [-0.1, -0.05) is 32.9 Å². The molecule has 0 saturated carbocycles. The van der Waals surface area contributed by atoms with Crippen LogP contribution in [0.5, 0.6) is 0 Å². The van der Waals surface area contributed by atoms with Crippen molar-refractivity contribution < 1.29 is 8.78 Å². The van der Waals surface area contributed by atoms with Gasteiger partial charge in [-0.2, -0.15) is 0 Å². The van der Waals surface area contributed by atoms with Gasteiger partial charge in [-0.25, -0.2) is 8.78 Å². The first kappa shape index (κ1) is 16.4. The lowest BCUT2D eigenvalue weighted by atomic mass is 9.88. The third-order valence-corrected chi connectivity index (χ3v) is 4.67. The Kier molecular flexibility index (Phi) is 5.71. The standard InChI is InChI=1S/C17H26F2N2/c1-4-20-16(14-6-5-7-15(18)17(14)19)11-21-9-8-12(2)13(3)10-21/h5-7,12-13,16,20H,4,8-11H2,1-3H3. The molecule has 118 valence electrons. The topological polar surface area (TPSA) is 15.3 Å². The van der Waals surface area contributed by atoms with Crippen LogP contribution in [0.15, 0.2) is 18.2 Å². The molecule has 1 aliphatic rings. The summed E-state index contributed by atoms with van der Waals surface area (Å²) in [5.74, 6) is -0.0963. The minimum absolute atomic E-state index is 0.161. The third kappa shape index (κ3) is 4.01. The van der Waals surface area contributed by atoms with E-state index in [1.807, 2.05) is 6.92 Å². The zero-order chi connectivity index (χ0) is 15.4. The number of halogens is 2. The molecule has 2 rings (SSSR count). The number of hydrogen-bond acceptors (Lipinski definition) is 2. The van der Waals surface area contributed by atoms with Crippen molar-refractivity contribution >= 4 is 0 Å². The second-order valence-electron chi connectivity index (χ2n) is 6.26. The van der Waals surface area contributed by atoms with Crippen molar-refractivity contribution in [1.29, 1.82) is 0 Å². The Morgan fingerprint density at radius 1 is 1.29 bits per heavy atom. The average molecular weight is 296 g/mol. The largest absolute Gasteiger partial charge is 0.309 e. The molecule has 0 aromatic heterocycles. The lowest BCUT2D eigenvalue weighted by Gasteiger charge is -2.37. The average Bonchev–Trinajstić information content (AvgIpc) is 2.45. The van der Waals surface area contributed by atoms with Gasteiger partial charge < -0.3 is 10.2 Å². The smallest absolute Gasteiger partial charge is 0.163 e. The van der Waals surface area contributed by atoms with E-state index in [0.717, 1.165) is 32.1 Å². The summed E-state index contributed by atoms with van der Waals surface area (Å²) >= 11 is 0. The fourth-order valence-corrected chi connectivity index (χ4v) is 3.08. The van der Waals surface area contributed by atoms with E-state index in [-0.39, 0.29) is 6.04 Å². The zero-order valence-electron chi connectivity index (χ0n) is 13.2. The number of rotatable bonds is 5. The number of likely N-dealkylation sites (tertiary alicyclic amines) is 1. The Morgan fingerprint density at radius 3 is 2.71 bits per heavy atom. The maximum absolute atomic E-state index is 14.0. The molecule has 3 unspecified atom stereocenters. The molecule has 1 aromatic carbocycles. The summed E-state index contributed by atoms with van der Waals surface area (Å²) < 4.78 is 27.5. The van der Waals surface area contributed by atoms with Crippen LogP contribution in [0.25, 0.3) is 0 Å². The summed E-state index contributed by atoms with van der Waals surface area (Å²) in [6, 6.07) is 4.28. The van der Waals surface area contributed by atoms with E-state index >= 15 is 0 Å². The summed E-state index contributed by atoms with van der Waals surface area (Å²) in [6.07, 6.45) is 1.17. The first-order valence-corrected chi connectivity index (χ1v) is 7.92. The molecule has 1 aromatic rings. The first-order valence-electron chi connectivity index (χ1n) is 7.92. The van der Waals surface area contributed by atoms with Crippen molar-refractivity contribution in [2.45, 2.75) is 33.2 Å². The molecule has 21 heavy (non-hydrogen) atoms. The zero-order valence-corrected chi connectivity index (χ0v) is 13.2. The van der Waals surface area contributed by atoms with Gasteiger partial charge >= 0.3 is 0 Å². The van der Waals surface area contributed by atoms with Crippen LogP contribution in [0.2, 0.25) is 0 Å². The SMILES string of the molecule is CCNC(CN1CCC(C)C(C)C1)c1cccc(F)c1F. The van der Waals surface area contributed by atoms with Crippen molar-refractivity contribution in [3.63, 3.8) is 0 Å². The Bertz CT molecular complexity index is 464. The van der Waals surface area contributed by atoms with Crippen LogP contribution in [0.3, 0.4) is 0 Å². The van der Waals surface area contributed by atoms with Crippen LogP contribution in [0.1, 0.15) is 38.8 Å². The third-order valence-electron chi connectivity index (χ3n) is 4.67. The van der Waals surface area contributed by atoms with E-state index in [1.165, 1.54) is 12.5 Å². The van der Waals surface area contributed by atoms with Crippen LogP contribution < -0.4 is 5.32 Å². The van der Waals surface area contributed by atoms with Crippen molar-refractivity contribution in [2.24, 2.45) is 11.8 Å². The fraction of sp³-hybridized carbons (Fsp3) is 0.647. The molecular weight excluding hydrogens is 270 g/mol. The molecule has 0 radical (unpaired) electrons. The number of likely N-dealkylation sites (N-methyl/N-ethyl adjacent to an activating group) is 1. The monoisotopic (exact) mass is 296 g/mol. The molecule has 1 saturated heterocycles. The second kappa shape index (κ2) is 7.32. The molecule has 0 amide bonds. The maximum atomic E-state index is 14.0. The maximum Gasteiger partial charge on any atom is 0.163 e. The van der Waals surface area contributed by atoms with Crippen LogP contribution in [0, 0.1) is 23.5 Å². The highest BCUT2D eigenvalue weighted by Gasteiger charge is 2.26. The van der Waals surface area contributed by atoms with Crippen LogP contribution >= 0.6 is 0 Å². The van der Waals surface area contributed by atoms with E-state index < -0.39 is 11.6 Å². The summed E-state index contributed by atoms with van der Waals surface area (Å²) in [5.41, 5.74) is 0.433. The lowest BCUT2D eigenvalue weighted by Crippen LogP contribution is -2.43. The van der Waals surface area contributed by atoms with Gasteiger partial charge in [-0.15, -0.1) is 0 Å². The Hall–Kier alpha value is -1.00. The van der Waals surface area contributed by atoms with Crippen molar-refractivity contribution in [2.75, 3.05) is 26.2 Å². The van der Waals surface area contributed by atoms with E-state index in [9.17, 15) is 8.78 Å². The van der Waals surface area contributed by atoms with Crippen molar-refractivity contribution in [1.82, 2.24) is 10.2 Å². The number of hydrogen-bond donors (Lipinski definition) is 1. The molecule has 0 aliphatic carbocycles. The molecule has 1 N–H and O–H groups in total. The molecule has 2 nitrogen and oxygen atoms in total. The summed E-state index contributed by atoms with van der Waals surface area (Å²) in [5, 5.41) is 3.29. The molecule has 1 heterocycles. The van der Waals surface area contributed by atoms with Crippen molar-refractivity contribution in [3.8, 4) is 0 Å². The van der Waals surface area contributed by atoms with Crippen LogP contribution in [0.4, 0.5) is 8.78 Å². The Morgan fingerprint density at radius 2 is 2.05 bits per heavy atom. The Labute approximate surface area is 126 Å². The van der Waals surface area contributed by atoms with Crippen LogP contribution in [-0.2, 0) is 0 Å². The summed E-state index contributed by atoms with van der Waals surface area (Å²) in [7, 11) is 0. The molecule has 4 heteroatoms. The van der Waals surface area contributed by atoms with Gasteiger partial charge in [0.2, 0.25) is 0 Å². The second-order valence-corrected chi connectivity index (χ2v) is 6.26. The molecule has 0 spiro atoms. The van der Waals surface area contributed by atoms with E-state index in [1.54, 1.807) is 12.1 Å². The summed E-state index contributed by atoms with van der Waals surface area (Å²) in [4.78, 5) is 2.36. The number of nitrogens with zero attached hydrogens (tertiary/aromatic N) is 1. The van der Waals surface area contributed by atoms with Crippen molar-refractivity contribution in [3.05, 3.63) is 35.4 Å². The van der Waals surface area contributed by atoms with E-state index in [0.29, 0.717) is 11.5 Å². The highest BCUT2D eigenvalue weighted by molar-refractivity contribution is 5.23. The molecule has 0 bridgehead atoms. The Balaban J connectivity index is 2.10. The van der Waals surface area contributed by atoms with Gasteiger partial charge in [0.1, 0.15) is 0 Å². The number of nitrogens with one attached hydrogen (secondary N) is 1. The molecule has 1 aliphatic heterocycles. The van der Waals surface area contributed by atoms with Gasteiger partial charge in [0.05, 0.1) is 0 Å². The molecule has 3 atom stereocenters. The van der Waals surface area contributed by atoms with E-state index in [2.05, 4.69) is 24.1 Å². The quantitative estimate of drug-likeness (QED) is 0.893. The first-order chi connectivity index (χ1) is 10.0. The predicted molar refractivity (Wildman–Crippen MR) is 82.2 cm³/mol. The highest BCUT2D eigenvalue weighted by Crippen LogP contribution is 2.26. The van der Waals surface area contributed by atoms with Gasteiger partial charge in [0.25, 0.3) is 0 Å². The summed E-state index contributed by atoms with van der Waals surface area (Å²) in [6.45, 7) is 10.1. The minimum Gasteiger partial charge on any atom is -0.309 e. The normalized spacial score (nSPS) is 25.0. The van der Waals surface area contributed by atoms with Crippen LogP contribution in [-0.4, -0.2) is 31.1 Å². The number of benzene rings is 1. The lowest BCUT2D eigenvalue weighted by molar-refractivity contribution is 0.126. The highest BCUT2D eigenvalue weighted by atomic mass is 19.2. The van der Waals surface area contributed by atoms with Gasteiger partial charge in [0.15, 0.2) is 11.6 Å². The van der Waals surface area contributed by atoms with Gasteiger partial charge in [0, 0.05) is 24.7 Å². The van der Waals surface area contributed by atoms with Gasteiger partial charge in [-0.3, -0.25) is 0 Å². The predicted octanol–water partition coefficient (Wildman–Crippen LogP) is 3.59. The number of piperidine rings is 1. The van der Waals surface area contributed by atoms with Gasteiger partial charge in [-0.05, 0) is 37.4 Å². The fourth-order valence-electron chi connectivity index (χ4n) is 3.08. The van der Waals surface area contributed by atoms with E-state index in [4.69, 9.17) is 0 Å². The minimum atomic E-state index is -0.768. The molecular formula is C17H26F2N2. The molecule has 1 fully saturated rings.